The van der Waals surface area contributed by atoms with Crippen molar-refractivity contribution in [3.63, 3.8) is 0 Å². The lowest BCUT2D eigenvalue weighted by Crippen LogP contribution is -2.03. The largest absolute Gasteiger partial charge is 0.249 e. The van der Waals surface area contributed by atoms with Crippen LogP contribution in [0.1, 0.15) is 0 Å². The SMILES string of the molecule is O=S(C=C=CCS(=O)(=O)c1ccccc1)c1ccccc1. The molecule has 0 saturated carbocycles. The summed E-state index contributed by atoms with van der Waals surface area (Å²) in [6.07, 6.45) is 1.38. The van der Waals surface area contributed by atoms with Crippen LogP contribution in [0.4, 0.5) is 0 Å². The molecule has 0 aliphatic rings. The van der Waals surface area contributed by atoms with Crippen molar-refractivity contribution in [2.45, 2.75) is 9.79 Å². The lowest BCUT2D eigenvalue weighted by atomic mass is 10.4. The summed E-state index contributed by atoms with van der Waals surface area (Å²) < 4.78 is 35.8. The van der Waals surface area contributed by atoms with Crippen molar-refractivity contribution in [2.24, 2.45) is 0 Å². The van der Waals surface area contributed by atoms with E-state index in [4.69, 9.17) is 0 Å². The molecule has 0 aliphatic carbocycles. The fourth-order valence-corrected chi connectivity index (χ4v) is 3.48. The summed E-state index contributed by atoms with van der Waals surface area (Å²) in [4.78, 5) is 0.927. The molecule has 2 aromatic carbocycles. The first-order valence-corrected chi connectivity index (χ1v) is 9.10. The molecule has 0 aliphatic heterocycles. The van der Waals surface area contributed by atoms with E-state index in [-0.39, 0.29) is 10.6 Å². The van der Waals surface area contributed by atoms with Gasteiger partial charge in [-0.15, -0.1) is 5.73 Å². The third-order valence-electron chi connectivity index (χ3n) is 2.67. The van der Waals surface area contributed by atoms with Gasteiger partial charge in [0.2, 0.25) is 0 Å². The first kappa shape index (κ1) is 15.4. The van der Waals surface area contributed by atoms with E-state index in [2.05, 4.69) is 5.73 Å². The summed E-state index contributed by atoms with van der Waals surface area (Å²) in [6.45, 7) is 0. The number of hydrogen-bond donors (Lipinski definition) is 0. The van der Waals surface area contributed by atoms with Crippen molar-refractivity contribution in [2.75, 3.05) is 5.75 Å². The van der Waals surface area contributed by atoms with E-state index in [0.717, 1.165) is 0 Å². The van der Waals surface area contributed by atoms with Crippen molar-refractivity contribution in [3.05, 3.63) is 77.9 Å². The Morgan fingerprint density at radius 3 is 2.14 bits per heavy atom. The van der Waals surface area contributed by atoms with Gasteiger partial charge < -0.3 is 0 Å². The summed E-state index contributed by atoms with van der Waals surface area (Å²) in [6, 6.07) is 17.1. The molecule has 0 bridgehead atoms. The number of sulfone groups is 1. The normalized spacial score (nSPS) is 12.2. The second-order valence-electron chi connectivity index (χ2n) is 4.19. The maximum absolute atomic E-state index is 12.0. The smallest absolute Gasteiger partial charge is 0.182 e. The van der Waals surface area contributed by atoms with Gasteiger partial charge in [-0.25, -0.2) is 12.6 Å². The van der Waals surface area contributed by atoms with Crippen molar-refractivity contribution < 1.29 is 12.6 Å². The Balaban J connectivity index is 2.06. The summed E-state index contributed by atoms with van der Waals surface area (Å²) in [5, 5.41) is 1.36. The topological polar surface area (TPSA) is 51.2 Å². The van der Waals surface area contributed by atoms with Crippen LogP contribution >= 0.6 is 0 Å². The van der Waals surface area contributed by atoms with Crippen LogP contribution in [-0.2, 0) is 20.6 Å². The van der Waals surface area contributed by atoms with Crippen LogP contribution < -0.4 is 0 Å². The number of rotatable bonds is 5. The quantitative estimate of drug-likeness (QED) is 0.797. The van der Waals surface area contributed by atoms with Gasteiger partial charge >= 0.3 is 0 Å². The fourth-order valence-electron chi connectivity index (χ4n) is 1.61. The van der Waals surface area contributed by atoms with Crippen LogP contribution in [0.2, 0.25) is 0 Å². The molecule has 0 spiro atoms. The van der Waals surface area contributed by atoms with Crippen molar-refractivity contribution in [1.29, 1.82) is 0 Å². The van der Waals surface area contributed by atoms with E-state index in [1.54, 1.807) is 54.6 Å². The van der Waals surface area contributed by atoms with E-state index < -0.39 is 20.6 Å². The Kier molecular flexibility index (Phi) is 5.28. The van der Waals surface area contributed by atoms with Gasteiger partial charge in [-0.2, -0.15) is 0 Å². The van der Waals surface area contributed by atoms with Crippen LogP contribution in [0.15, 0.2) is 87.7 Å². The first-order chi connectivity index (χ1) is 10.1. The van der Waals surface area contributed by atoms with Gasteiger partial charge in [0.05, 0.1) is 21.4 Å². The molecule has 0 N–H and O–H groups in total. The lowest BCUT2D eigenvalue weighted by molar-refractivity contribution is 0.599. The van der Waals surface area contributed by atoms with Gasteiger partial charge in [0.25, 0.3) is 0 Å². The third-order valence-corrected chi connectivity index (χ3v) is 5.36. The Hall–Kier alpha value is -1.94. The van der Waals surface area contributed by atoms with Crippen LogP contribution in [0, 0.1) is 0 Å². The van der Waals surface area contributed by atoms with Crippen molar-refractivity contribution in [3.8, 4) is 0 Å². The Labute approximate surface area is 127 Å². The highest BCUT2D eigenvalue weighted by molar-refractivity contribution is 7.91. The zero-order valence-electron chi connectivity index (χ0n) is 11.2. The Bertz CT molecular complexity index is 773. The zero-order chi connectivity index (χ0) is 15.1. The molecule has 1 unspecified atom stereocenters. The molecule has 2 aromatic rings. The zero-order valence-corrected chi connectivity index (χ0v) is 12.8. The molecule has 0 heterocycles. The number of hydrogen-bond acceptors (Lipinski definition) is 3. The van der Waals surface area contributed by atoms with Crippen molar-refractivity contribution >= 4 is 20.6 Å². The minimum atomic E-state index is -3.36. The van der Waals surface area contributed by atoms with Gasteiger partial charge in [-0.1, -0.05) is 36.4 Å². The molecule has 0 radical (unpaired) electrons. The van der Waals surface area contributed by atoms with Gasteiger partial charge in [0.15, 0.2) is 9.84 Å². The molecule has 21 heavy (non-hydrogen) atoms. The molecule has 1 atom stereocenters. The summed E-state index contributed by atoms with van der Waals surface area (Å²) in [5.74, 6) is -0.167. The summed E-state index contributed by atoms with van der Waals surface area (Å²) in [5.41, 5.74) is 2.68. The van der Waals surface area contributed by atoms with E-state index >= 15 is 0 Å². The molecule has 0 saturated heterocycles. The molecule has 3 nitrogen and oxygen atoms in total. The first-order valence-electron chi connectivity index (χ1n) is 6.24. The molecular formula is C16H14O3S2. The predicted octanol–water partition coefficient (Wildman–Crippen LogP) is 2.94. The van der Waals surface area contributed by atoms with Gasteiger partial charge in [-0.3, -0.25) is 0 Å². The predicted molar refractivity (Wildman–Crippen MR) is 84.0 cm³/mol. The molecular weight excluding hydrogens is 304 g/mol. The molecule has 0 fully saturated rings. The van der Waals surface area contributed by atoms with E-state index in [9.17, 15) is 12.6 Å². The van der Waals surface area contributed by atoms with Gasteiger partial charge in [0.1, 0.15) is 0 Å². The summed E-state index contributed by atoms with van der Waals surface area (Å²) in [7, 11) is -4.68. The second-order valence-corrected chi connectivity index (χ2v) is 7.53. The van der Waals surface area contributed by atoms with Crippen LogP contribution in [-0.4, -0.2) is 18.4 Å². The maximum Gasteiger partial charge on any atom is 0.182 e. The fraction of sp³-hybridized carbons (Fsp3) is 0.0625. The highest BCUT2D eigenvalue weighted by Crippen LogP contribution is 2.10. The third kappa shape index (κ3) is 4.53. The maximum atomic E-state index is 12.0. The second kappa shape index (κ2) is 7.18. The molecule has 5 heteroatoms. The van der Waals surface area contributed by atoms with Crippen LogP contribution in [0.3, 0.4) is 0 Å². The minimum Gasteiger partial charge on any atom is -0.249 e. The van der Waals surface area contributed by atoms with Crippen LogP contribution in [0.5, 0.6) is 0 Å². The van der Waals surface area contributed by atoms with E-state index in [0.29, 0.717) is 4.90 Å². The average Bonchev–Trinajstić information content (AvgIpc) is 2.53. The van der Waals surface area contributed by atoms with E-state index in [1.165, 1.54) is 11.5 Å². The minimum absolute atomic E-state index is 0.167. The van der Waals surface area contributed by atoms with Gasteiger partial charge in [-0.05, 0) is 30.3 Å². The van der Waals surface area contributed by atoms with Gasteiger partial charge in [0, 0.05) is 10.3 Å². The van der Waals surface area contributed by atoms with Crippen LogP contribution in [0.25, 0.3) is 0 Å². The Morgan fingerprint density at radius 1 is 0.952 bits per heavy atom. The van der Waals surface area contributed by atoms with Crippen molar-refractivity contribution in [1.82, 2.24) is 0 Å². The molecule has 2 rings (SSSR count). The monoisotopic (exact) mass is 318 g/mol. The summed E-state index contributed by atoms with van der Waals surface area (Å²) >= 11 is 0. The standard InChI is InChI=1S/C16H14O3S2/c17-20(15-9-3-1-4-10-15)13-7-8-14-21(18,19)16-11-5-2-6-12-16/h1-6,8-13H,14H2. The number of benzene rings is 2. The highest BCUT2D eigenvalue weighted by Gasteiger charge is 2.10. The Morgan fingerprint density at radius 2 is 1.52 bits per heavy atom. The molecule has 0 aromatic heterocycles. The molecule has 0 amide bonds. The average molecular weight is 318 g/mol. The lowest BCUT2D eigenvalue weighted by Gasteiger charge is -1.99. The van der Waals surface area contributed by atoms with E-state index in [1.807, 2.05) is 6.07 Å². The highest BCUT2D eigenvalue weighted by atomic mass is 32.2. The molecule has 108 valence electrons.